The predicted molar refractivity (Wildman–Crippen MR) is 97.6 cm³/mol. The van der Waals surface area contributed by atoms with Gasteiger partial charge < -0.3 is 5.32 Å². The lowest BCUT2D eigenvalue weighted by molar-refractivity contribution is -0.120. The zero-order valence-electron chi connectivity index (χ0n) is 12.5. The van der Waals surface area contributed by atoms with Crippen LogP contribution in [0.15, 0.2) is 83.1 Å². The summed E-state index contributed by atoms with van der Waals surface area (Å²) in [6.45, 7) is 0.579. The van der Waals surface area contributed by atoms with Crippen LogP contribution in [0.2, 0.25) is 0 Å². The third-order valence-electron chi connectivity index (χ3n) is 3.35. The van der Waals surface area contributed by atoms with Crippen LogP contribution >= 0.6 is 23.1 Å². The largest absolute Gasteiger partial charge is 0.350 e. The fraction of sp³-hybridized carbons (Fsp3) is 0.105. The average molecular weight is 339 g/mol. The molecule has 0 radical (unpaired) electrons. The first-order valence-corrected chi connectivity index (χ1v) is 9.15. The van der Waals surface area contributed by atoms with Crippen LogP contribution in [0.5, 0.6) is 0 Å². The zero-order valence-corrected chi connectivity index (χ0v) is 14.1. The summed E-state index contributed by atoms with van der Waals surface area (Å²) >= 11 is 3.23. The van der Waals surface area contributed by atoms with Gasteiger partial charge in [0.25, 0.3) is 0 Å². The van der Waals surface area contributed by atoms with Gasteiger partial charge in [0.05, 0.1) is 6.54 Å². The van der Waals surface area contributed by atoms with Crippen molar-refractivity contribution in [2.24, 2.45) is 0 Å². The molecule has 1 aromatic heterocycles. The van der Waals surface area contributed by atoms with E-state index < -0.39 is 0 Å². The third kappa shape index (κ3) is 4.47. The van der Waals surface area contributed by atoms with E-state index in [2.05, 4.69) is 5.32 Å². The molecule has 1 N–H and O–H groups in total. The number of thiophene rings is 1. The van der Waals surface area contributed by atoms with Gasteiger partial charge in [-0.05, 0) is 29.1 Å². The van der Waals surface area contributed by atoms with Crippen LogP contribution in [0.3, 0.4) is 0 Å². The highest BCUT2D eigenvalue weighted by molar-refractivity contribution is 8.00. The van der Waals surface area contributed by atoms with Gasteiger partial charge in [-0.3, -0.25) is 4.79 Å². The summed E-state index contributed by atoms with van der Waals surface area (Å²) in [6.07, 6.45) is 0. The first kappa shape index (κ1) is 15.8. The van der Waals surface area contributed by atoms with Crippen LogP contribution in [0.1, 0.15) is 15.7 Å². The van der Waals surface area contributed by atoms with E-state index in [-0.39, 0.29) is 11.2 Å². The summed E-state index contributed by atoms with van der Waals surface area (Å²) in [5, 5.41) is 4.83. The summed E-state index contributed by atoms with van der Waals surface area (Å²) in [5.74, 6) is 0.0402. The van der Waals surface area contributed by atoms with Crippen molar-refractivity contribution in [3.05, 3.63) is 88.6 Å². The zero-order chi connectivity index (χ0) is 15.9. The van der Waals surface area contributed by atoms with Gasteiger partial charge in [-0.1, -0.05) is 54.6 Å². The second-order valence-corrected chi connectivity index (χ2v) is 7.23. The van der Waals surface area contributed by atoms with Crippen molar-refractivity contribution in [1.29, 1.82) is 0 Å². The molecule has 0 saturated carbocycles. The van der Waals surface area contributed by atoms with Gasteiger partial charge in [-0.25, -0.2) is 0 Å². The van der Waals surface area contributed by atoms with Gasteiger partial charge in [0.2, 0.25) is 5.91 Å². The molecule has 0 fully saturated rings. The number of carbonyl (C=O) groups excluding carboxylic acids is 1. The van der Waals surface area contributed by atoms with Crippen molar-refractivity contribution in [1.82, 2.24) is 5.32 Å². The minimum Gasteiger partial charge on any atom is -0.350 e. The molecule has 3 rings (SSSR count). The Balaban J connectivity index is 1.75. The van der Waals surface area contributed by atoms with Crippen molar-refractivity contribution in [3.63, 3.8) is 0 Å². The minimum absolute atomic E-state index is 0.0402. The summed E-state index contributed by atoms with van der Waals surface area (Å²) in [4.78, 5) is 15.0. The first-order chi connectivity index (χ1) is 11.3. The monoisotopic (exact) mass is 339 g/mol. The molecule has 0 aliphatic rings. The second-order valence-electron chi connectivity index (χ2n) is 5.02. The minimum atomic E-state index is -0.251. The Morgan fingerprint density at radius 2 is 1.65 bits per heavy atom. The number of nitrogens with one attached hydrogen (secondary N) is 1. The fourth-order valence-electron chi connectivity index (χ4n) is 2.22. The van der Waals surface area contributed by atoms with Crippen LogP contribution in [-0.2, 0) is 11.3 Å². The number of hydrogen-bond donors (Lipinski definition) is 1. The van der Waals surface area contributed by atoms with Crippen molar-refractivity contribution in [2.75, 3.05) is 0 Å². The van der Waals surface area contributed by atoms with Crippen LogP contribution in [0, 0.1) is 0 Å². The van der Waals surface area contributed by atoms with E-state index in [0.29, 0.717) is 6.54 Å². The summed E-state index contributed by atoms with van der Waals surface area (Å²) in [7, 11) is 0. The summed E-state index contributed by atoms with van der Waals surface area (Å²) in [6, 6.07) is 24.0. The second kappa shape index (κ2) is 7.99. The lowest BCUT2D eigenvalue weighted by Crippen LogP contribution is -2.27. The van der Waals surface area contributed by atoms with Gasteiger partial charge in [0.1, 0.15) is 5.25 Å². The highest BCUT2D eigenvalue weighted by atomic mass is 32.2. The van der Waals surface area contributed by atoms with Crippen LogP contribution in [0.25, 0.3) is 0 Å². The van der Waals surface area contributed by atoms with Gasteiger partial charge in [-0.15, -0.1) is 23.1 Å². The highest BCUT2D eigenvalue weighted by Crippen LogP contribution is 2.35. The van der Waals surface area contributed by atoms with Gasteiger partial charge in [-0.2, -0.15) is 0 Å². The topological polar surface area (TPSA) is 29.1 Å². The SMILES string of the molecule is O=C(NCc1cccs1)[C@@H](Sc1ccccc1)c1ccccc1. The lowest BCUT2D eigenvalue weighted by Gasteiger charge is -2.17. The van der Waals surface area contributed by atoms with Crippen LogP contribution in [0.4, 0.5) is 0 Å². The maximum Gasteiger partial charge on any atom is 0.238 e. The molecule has 3 aromatic rings. The standard InChI is InChI=1S/C19H17NOS2/c21-19(20-14-17-12-7-13-22-17)18(15-8-3-1-4-9-15)23-16-10-5-2-6-11-16/h1-13,18H,14H2,(H,20,21)/t18-/m0/s1. The van der Waals surface area contributed by atoms with E-state index in [1.165, 1.54) is 0 Å². The average Bonchev–Trinajstić information content (AvgIpc) is 3.13. The molecule has 1 amide bonds. The number of benzene rings is 2. The molecule has 0 bridgehead atoms. The Hall–Kier alpha value is -2.04. The first-order valence-electron chi connectivity index (χ1n) is 7.39. The molecule has 4 heteroatoms. The van der Waals surface area contributed by atoms with E-state index >= 15 is 0 Å². The number of hydrogen-bond acceptors (Lipinski definition) is 3. The Kier molecular flexibility index (Phi) is 5.51. The fourth-order valence-corrected chi connectivity index (χ4v) is 3.93. The van der Waals surface area contributed by atoms with Gasteiger partial charge >= 0.3 is 0 Å². The molecular formula is C19H17NOS2. The number of carbonyl (C=O) groups is 1. The Morgan fingerprint density at radius 3 is 2.30 bits per heavy atom. The van der Waals surface area contributed by atoms with Crippen molar-refractivity contribution in [2.45, 2.75) is 16.7 Å². The van der Waals surface area contributed by atoms with E-state index in [4.69, 9.17) is 0 Å². The molecule has 0 saturated heterocycles. The number of amides is 1. The van der Waals surface area contributed by atoms with Crippen LogP contribution in [-0.4, -0.2) is 5.91 Å². The molecule has 2 aromatic carbocycles. The molecular weight excluding hydrogens is 322 g/mol. The molecule has 2 nitrogen and oxygen atoms in total. The molecule has 1 atom stereocenters. The normalized spacial score (nSPS) is 11.8. The number of thioether (sulfide) groups is 1. The third-order valence-corrected chi connectivity index (χ3v) is 5.50. The van der Waals surface area contributed by atoms with E-state index in [9.17, 15) is 4.79 Å². The maximum atomic E-state index is 12.7. The molecule has 1 heterocycles. The molecule has 0 aliphatic carbocycles. The summed E-state index contributed by atoms with van der Waals surface area (Å²) in [5.41, 5.74) is 1.02. The van der Waals surface area contributed by atoms with Crippen molar-refractivity contribution in [3.8, 4) is 0 Å². The quantitative estimate of drug-likeness (QED) is 0.647. The number of rotatable bonds is 6. The molecule has 23 heavy (non-hydrogen) atoms. The maximum absolute atomic E-state index is 12.7. The smallest absolute Gasteiger partial charge is 0.238 e. The van der Waals surface area contributed by atoms with E-state index in [0.717, 1.165) is 15.3 Å². The van der Waals surface area contributed by atoms with Crippen LogP contribution < -0.4 is 5.32 Å². The highest BCUT2D eigenvalue weighted by Gasteiger charge is 2.21. The van der Waals surface area contributed by atoms with Crippen molar-refractivity contribution < 1.29 is 4.79 Å². The molecule has 0 unspecified atom stereocenters. The Labute approximate surface area is 144 Å². The lowest BCUT2D eigenvalue weighted by atomic mass is 10.1. The van der Waals surface area contributed by atoms with Gasteiger partial charge in [0, 0.05) is 9.77 Å². The predicted octanol–water partition coefficient (Wildman–Crippen LogP) is 4.90. The van der Waals surface area contributed by atoms with E-state index in [1.807, 2.05) is 78.2 Å². The molecule has 0 aliphatic heterocycles. The molecule has 116 valence electrons. The van der Waals surface area contributed by atoms with Crippen molar-refractivity contribution >= 4 is 29.0 Å². The Bertz CT molecular complexity index is 727. The molecule has 0 spiro atoms. The van der Waals surface area contributed by atoms with Gasteiger partial charge in [0.15, 0.2) is 0 Å². The Morgan fingerprint density at radius 1 is 0.957 bits per heavy atom. The summed E-state index contributed by atoms with van der Waals surface area (Å²) < 4.78 is 0. The van der Waals surface area contributed by atoms with E-state index in [1.54, 1.807) is 23.1 Å².